The summed E-state index contributed by atoms with van der Waals surface area (Å²) in [6, 6.07) is 22.1. The van der Waals surface area contributed by atoms with Gasteiger partial charge in [0, 0.05) is 50.5 Å². The van der Waals surface area contributed by atoms with Gasteiger partial charge in [0.2, 0.25) is 0 Å². The Hall–Kier alpha value is -2.43. The molecule has 3 aromatic rings. The summed E-state index contributed by atoms with van der Waals surface area (Å²) in [7, 11) is 0. The first-order chi connectivity index (χ1) is 13.8. The Morgan fingerprint density at radius 2 is 1.43 bits per heavy atom. The van der Waals surface area contributed by atoms with Crippen LogP contribution in [0.3, 0.4) is 0 Å². The fourth-order valence-electron chi connectivity index (χ4n) is 4.26. The molecule has 0 unspecified atom stereocenters. The summed E-state index contributed by atoms with van der Waals surface area (Å²) >= 11 is 0. The van der Waals surface area contributed by atoms with E-state index in [1.165, 1.54) is 22.4 Å². The molecule has 4 heteroatoms. The van der Waals surface area contributed by atoms with Gasteiger partial charge in [-0.15, -0.1) is 0 Å². The third-order valence-electron chi connectivity index (χ3n) is 5.90. The first-order valence-electron chi connectivity index (χ1n) is 10.3. The van der Waals surface area contributed by atoms with E-state index in [-0.39, 0.29) is 0 Å². The van der Waals surface area contributed by atoms with Crippen LogP contribution in [0.5, 0.6) is 0 Å². The van der Waals surface area contributed by atoms with Crippen LogP contribution in [0.2, 0.25) is 0 Å². The quantitative estimate of drug-likeness (QED) is 0.649. The van der Waals surface area contributed by atoms with Gasteiger partial charge in [-0.1, -0.05) is 60.7 Å². The van der Waals surface area contributed by atoms with Gasteiger partial charge in [0.25, 0.3) is 0 Å². The van der Waals surface area contributed by atoms with Crippen LogP contribution in [0.4, 0.5) is 0 Å². The Morgan fingerprint density at radius 1 is 0.857 bits per heavy atom. The van der Waals surface area contributed by atoms with Crippen molar-refractivity contribution in [2.45, 2.75) is 33.0 Å². The topological polar surface area (TPSA) is 24.3 Å². The molecular weight excluding hydrogens is 344 g/mol. The van der Waals surface area contributed by atoms with E-state index in [1.54, 1.807) is 0 Å². The first kappa shape index (κ1) is 18.9. The molecule has 4 rings (SSSR count). The normalized spacial score (nSPS) is 16.0. The van der Waals surface area contributed by atoms with Crippen LogP contribution >= 0.6 is 0 Å². The molecule has 4 nitrogen and oxygen atoms in total. The molecule has 0 spiro atoms. The highest BCUT2D eigenvalue weighted by atomic mass is 15.3. The second-order valence-corrected chi connectivity index (χ2v) is 7.61. The predicted octanol–water partition coefficient (Wildman–Crippen LogP) is 4.12. The Kier molecular flexibility index (Phi) is 5.89. The molecule has 1 aromatic heterocycles. The molecule has 1 aliphatic heterocycles. The number of nitrogens with zero attached hydrogens (tertiary/aromatic N) is 4. The number of piperazine rings is 1. The zero-order valence-corrected chi connectivity index (χ0v) is 17.0. The van der Waals surface area contributed by atoms with E-state index in [4.69, 9.17) is 0 Å². The average Bonchev–Trinajstić information content (AvgIpc) is 3.10. The molecule has 0 atom stereocenters. The highest BCUT2D eigenvalue weighted by Crippen LogP contribution is 2.29. The zero-order valence-electron chi connectivity index (χ0n) is 17.0. The molecule has 146 valence electrons. The van der Waals surface area contributed by atoms with Crippen LogP contribution in [0.15, 0.2) is 66.9 Å². The molecule has 0 bridgehead atoms. The Bertz CT molecular complexity index is 825. The Balaban J connectivity index is 1.46. The molecule has 0 radical (unpaired) electrons. The number of aromatic nitrogens is 2. The second-order valence-electron chi connectivity index (χ2n) is 7.61. The van der Waals surface area contributed by atoms with E-state index >= 15 is 0 Å². The van der Waals surface area contributed by atoms with E-state index in [0.29, 0.717) is 6.04 Å². The largest absolute Gasteiger partial charge is 0.296 e. The van der Waals surface area contributed by atoms with Gasteiger partial charge in [0.05, 0.1) is 12.2 Å². The summed E-state index contributed by atoms with van der Waals surface area (Å²) in [5.41, 5.74) is 5.42. The van der Waals surface area contributed by atoms with Crippen molar-refractivity contribution in [2.24, 2.45) is 0 Å². The highest BCUT2D eigenvalue weighted by Gasteiger charge is 2.26. The summed E-state index contributed by atoms with van der Waals surface area (Å²) in [6.07, 6.45) is 2.04. The SMILES string of the molecule is CCn1ncc(CN2CCN(C(c3ccccc3)c3ccccc3)CC2)c1C. The third kappa shape index (κ3) is 4.03. The molecule has 0 amide bonds. The van der Waals surface area contributed by atoms with E-state index in [0.717, 1.165) is 39.3 Å². The molecule has 2 heterocycles. The van der Waals surface area contributed by atoms with Crippen molar-refractivity contribution in [3.63, 3.8) is 0 Å². The van der Waals surface area contributed by atoms with Crippen LogP contribution in [0.25, 0.3) is 0 Å². The van der Waals surface area contributed by atoms with E-state index in [9.17, 15) is 0 Å². The minimum Gasteiger partial charge on any atom is -0.296 e. The summed E-state index contributed by atoms with van der Waals surface area (Å²) in [5, 5.41) is 4.50. The monoisotopic (exact) mass is 374 g/mol. The van der Waals surface area contributed by atoms with E-state index < -0.39 is 0 Å². The van der Waals surface area contributed by atoms with Gasteiger partial charge in [-0.25, -0.2) is 0 Å². The zero-order chi connectivity index (χ0) is 19.3. The predicted molar refractivity (Wildman–Crippen MR) is 114 cm³/mol. The van der Waals surface area contributed by atoms with Crippen molar-refractivity contribution >= 4 is 0 Å². The maximum Gasteiger partial charge on any atom is 0.0602 e. The summed E-state index contributed by atoms with van der Waals surface area (Å²) < 4.78 is 2.09. The lowest BCUT2D eigenvalue weighted by atomic mass is 9.96. The smallest absolute Gasteiger partial charge is 0.0602 e. The average molecular weight is 375 g/mol. The van der Waals surface area contributed by atoms with Crippen molar-refractivity contribution in [2.75, 3.05) is 26.2 Å². The summed E-state index contributed by atoms with van der Waals surface area (Å²) in [6.45, 7) is 10.6. The van der Waals surface area contributed by atoms with Gasteiger partial charge >= 0.3 is 0 Å². The minimum absolute atomic E-state index is 0.328. The molecule has 1 fully saturated rings. The van der Waals surface area contributed by atoms with Gasteiger partial charge in [-0.2, -0.15) is 5.10 Å². The molecule has 0 N–H and O–H groups in total. The van der Waals surface area contributed by atoms with Gasteiger partial charge < -0.3 is 0 Å². The van der Waals surface area contributed by atoms with Crippen molar-refractivity contribution < 1.29 is 0 Å². The molecule has 1 aliphatic rings. The molecule has 0 aliphatic carbocycles. The first-order valence-corrected chi connectivity index (χ1v) is 10.3. The molecule has 2 aromatic carbocycles. The number of benzene rings is 2. The van der Waals surface area contributed by atoms with Crippen molar-refractivity contribution in [3.8, 4) is 0 Å². The maximum atomic E-state index is 4.50. The van der Waals surface area contributed by atoms with E-state index in [1.807, 2.05) is 6.20 Å². The van der Waals surface area contributed by atoms with Crippen LogP contribution in [0, 0.1) is 6.92 Å². The van der Waals surface area contributed by atoms with Gasteiger partial charge in [-0.3, -0.25) is 14.5 Å². The standard InChI is InChI=1S/C24H30N4/c1-3-28-20(2)23(18-25-28)19-26-14-16-27(17-15-26)24(21-10-6-4-7-11-21)22-12-8-5-9-13-22/h4-13,18,24H,3,14-17,19H2,1-2H3. The second kappa shape index (κ2) is 8.72. The summed E-state index contributed by atoms with van der Waals surface area (Å²) in [4.78, 5) is 5.19. The third-order valence-corrected chi connectivity index (χ3v) is 5.90. The lowest BCUT2D eigenvalue weighted by Gasteiger charge is -2.39. The summed E-state index contributed by atoms with van der Waals surface area (Å²) in [5.74, 6) is 0. The van der Waals surface area contributed by atoms with Gasteiger partial charge in [0.15, 0.2) is 0 Å². The molecule has 1 saturated heterocycles. The Morgan fingerprint density at radius 3 is 1.93 bits per heavy atom. The van der Waals surface area contributed by atoms with Crippen LogP contribution in [-0.4, -0.2) is 45.8 Å². The van der Waals surface area contributed by atoms with Crippen molar-refractivity contribution in [3.05, 3.63) is 89.2 Å². The van der Waals surface area contributed by atoms with Gasteiger partial charge in [0.1, 0.15) is 0 Å². The lowest BCUT2D eigenvalue weighted by molar-refractivity contribution is 0.104. The van der Waals surface area contributed by atoms with Crippen molar-refractivity contribution in [1.29, 1.82) is 0 Å². The lowest BCUT2D eigenvalue weighted by Crippen LogP contribution is -2.47. The van der Waals surface area contributed by atoms with Crippen molar-refractivity contribution in [1.82, 2.24) is 19.6 Å². The molecule has 28 heavy (non-hydrogen) atoms. The maximum absolute atomic E-state index is 4.50. The highest BCUT2D eigenvalue weighted by molar-refractivity contribution is 5.32. The van der Waals surface area contributed by atoms with Crippen LogP contribution < -0.4 is 0 Å². The molecular formula is C24H30N4. The number of aryl methyl sites for hydroxylation is 1. The minimum atomic E-state index is 0.328. The molecule has 0 saturated carbocycles. The fourth-order valence-corrected chi connectivity index (χ4v) is 4.26. The fraction of sp³-hybridized carbons (Fsp3) is 0.375. The van der Waals surface area contributed by atoms with Crippen LogP contribution in [-0.2, 0) is 13.1 Å². The Labute approximate surface area is 168 Å². The van der Waals surface area contributed by atoms with Crippen LogP contribution in [0.1, 0.15) is 35.3 Å². The van der Waals surface area contributed by atoms with Gasteiger partial charge in [-0.05, 0) is 25.0 Å². The number of rotatable bonds is 6. The number of hydrogen-bond donors (Lipinski definition) is 0. The van der Waals surface area contributed by atoms with E-state index in [2.05, 4.69) is 94.1 Å². The number of hydrogen-bond acceptors (Lipinski definition) is 3.